The summed E-state index contributed by atoms with van der Waals surface area (Å²) >= 11 is 2.19. The van der Waals surface area contributed by atoms with Gasteiger partial charge < -0.3 is 5.32 Å². The van der Waals surface area contributed by atoms with Crippen molar-refractivity contribution in [1.82, 2.24) is 9.78 Å². The number of aromatic nitrogens is 2. The third kappa shape index (κ3) is 3.20. The summed E-state index contributed by atoms with van der Waals surface area (Å²) in [5.41, 5.74) is 0. The molecule has 0 spiro atoms. The van der Waals surface area contributed by atoms with E-state index in [2.05, 4.69) is 46.9 Å². The molecular weight excluding hydrogens is 317 g/mol. The molecule has 0 aliphatic rings. The lowest BCUT2D eigenvalue weighted by molar-refractivity contribution is -0.119. The van der Waals surface area contributed by atoms with E-state index in [1.807, 2.05) is 24.7 Å². The van der Waals surface area contributed by atoms with E-state index in [1.165, 1.54) is 0 Å². The van der Waals surface area contributed by atoms with Gasteiger partial charge in [-0.25, -0.2) is 0 Å². The minimum Gasteiger partial charge on any atom is -0.308 e. The SMILES string of the molecule is CCC(C)C(=O)Nc1nn(C(C)C)cc1I. The molecule has 1 amide bonds. The molecule has 0 saturated heterocycles. The van der Waals surface area contributed by atoms with Crippen molar-refractivity contribution in [2.75, 3.05) is 5.32 Å². The van der Waals surface area contributed by atoms with Gasteiger partial charge in [0.15, 0.2) is 5.82 Å². The number of anilines is 1. The van der Waals surface area contributed by atoms with Crippen molar-refractivity contribution in [3.05, 3.63) is 9.77 Å². The summed E-state index contributed by atoms with van der Waals surface area (Å²) in [7, 11) is 0. The molecule has 0 aromatic carbocycles. The zero-order valence-electron chi connectivity index (χ0n) is 10.1. The number of carbonyl (C=O) groups is 1. The lowest BCUT2D eigenvalue weighted by atomic mass is 10.1. The number of amides is 1. The van der Waals surface area contributed by atoms with Crippen LogP contribution in [-0.2, 0) is 4.79 Å². The second-order valence-electron chi connectivity index (χ2n) is 4.20. The zero-order valence-corrected chi connectivity index (χ0v) is 12.3. The van der Waals surface area contributed by atoms with E-state index in [4.69, 9.17) is 0 Å². The lowest BCUT2D eigenvalue weighted by Gasteiger charge is -2.08. The molecule has 1 aromatic rings. The van der Waals surface area contributed by atoms with Crippen LogP contribution in [0.5, 0.6) is 0 Å². The molecule has 1 heterocycles. The van der Waals surface area contributed by atoms with E-state index in [0.29, 0.717) is 11.9 Å². The van der Waals surface area contributed by atoms with Gasteiger partial charge in [-0.05, 0) is 42.9 Å². The van der Waals surface area contributed by atoms with Gasteiger partial charge in [-0.1, -0.05) is 13.8 Å². The molecule has 0 radical (unpaired) electrons. The highest BCUT2D eigenvalue weighted by Crippen LogP contribution is 2.19. The first-order valence-corrected chi connectivity index (χ1v) is 6.59. The maximum atomic E-state index is 11.7. The minimum absolute atomic E-state index is 0.0278. The topological polar surface area (TPSA) is 46.9 Å². The first kappa shape index (κ1) is 13.5. The lowest BCUT2D eigenvalue weighted by Crippen LogP contribution is -2.20. The Labute approximate surface area is 110 Å². The van der Waals surface area contributed by atoms with Crippen molar-refractivity contribution in [2.45, 2.75) is 40.2 Å². The standard InChI is InChI=1S/C11H18IN3O/c1-5-8(4)11(16)13-10-9(12)6-15(14-10)7(2)3/h6-8H,5H2,1-4H3,(H,13,14,16). The molecule has 0 aliphatic heterocycles. The first-order chi connectivity index (χ1) is 7.45. The van der Waals surface area contributed by atoms with Crippen LogP contribution >= 0.6 is 22.6 Å². The fourth-order valence-electron chi connectivity index (χ4n) is 1.14. The summed E-state index contributed by atoms with van der Waals surface area (Å²) < 4.78 is 2.83. The number of halogens is 1. The van der Waals surface area contributed by atoms with Crippen LogP contribution in [0.2, 0.25) is 0 Å². The summed E-state index contributed by atoms with van der Waals surface area (Å²) in [6.07, 6.45) is 2.78. The van der Waals surface area contributed by atoms with Crippen molar-refractivity contribution in [2.24, 2.45) is 5.92 Å². The number of nitrogens with one attached hydrogen (secondary N) is 1. The molecule has 1 unspecified atom stereocenters. The van der Waals surface area contributed by atoms with E-state index in [9.17, 15) is 4.79 Å². The molecule has 5 heteroatoms. The fourth-order valence-corrected chi connectivity index (χ4v) is 1.67. The van der Waals surface area contributed by atoms with Gasteiger partial charge in [-0.2, -0.15) is 5.10 Å². The van der Waals surface area contributed by atoms with Crippen molar-refractivity contribution in [3.8, 4) is 0 Å². The fraction of sp³-hybridized carbons (Fsp3) is 0.636. The third-order valence-electron chi connectivity index (χ3n) is 2.52. The molecule has 16 heavy (non-hydrogen) atoms. The van der Waals surface area contributed by atoms with E-state index < -0.39 is 0 Å². The van der Waals surface area contributed by atoms with E-state index >= 15 is 0 Å². The molecule has 1 atom stereocenters. The molecule has 0 saturated carbocycles. The van der Waals surface area contributed by atoms with Crippen LogP contribution in [0, 0.1) is 9.49 Å². The molecule has 0 aliphatic carbocycles. The molecule has 0 bridgehead atoms. The first-order valence-electron chi connectivity index (χ1n) is 5.51. The number of hydrogen-bond acceptors (Lipinski definition) is 2. The molecule has 1 rings (SSSR count). The Hall–Kier alpha value is -0.590. The molecule has 4 nitrogen and oxygen atoms in total. The quantitative estimate of drug-likeness (QED) is 0.860. The van der Waals surface area contributed by atoms with Crippen LogP contribution in [0.1, 0.15) is 40.2 Å². The van der Waals surface area contributed by atoms with E-state index in [-0.39, 0.29) is 11.8 Å². The predicted octanol–water partition coefficient (Wildman–Crippen LogP) is 3.05. The molecule has 0 fully saturated rings. The van der Waals surface area contributed by atoms with Gasteiger partial charge in [0.05, 0.1) is 3.57 Å². The van der Waals surface area contributed by atoms with Crippen molar-refractivity contribution in [3.63, 3.8) is 0 Å². The largest absolute Gasteiger partial charge is 0.308 e. The summed E-state index contributed by atoms with van der Waals surface area (Å²) in [6.45, 7) is 8.04. The Morgan fingerprint density at radius 2 is 2.19 bits per heavy atom. The molecule has 1 aromatic heterocycles. The van der Waals surface area contributed by atoms with Gasteiger partial charge in [-0.3, -0.25) is 9.48 Å². The Kier molecular flexibility index (Phi) is 4.76. The Balaban J connectivity index is 2.78. The van der Waals surface area contributed by atoms with Crippen LogP contribution in [0.3, 0.4) is 0 Å². The number of nitrogens with zero attached hydrogens (tertiary/aromatic N) is 2. The molecule has 1 N–H and O–H groups in total. The monoisotopic (exact) mass is 335 g/mol. The van der Waals surface area contributed by atoms with Crippen LogP contribution < -0.4 is 5.32 Å². The van der Waals surface area contributed by atoms with Crippen LogP contribution in [0.4, 0.5) is 5.82 Å². The smallest absolute Gasteiger partial charge is 0.228 e. The highest BCUT2D eigenvalue weighted by atomic mass is 127. The number of rotatable bonds is 4. The minimum atomic E-state index is 0.0278. The Morgan fingerprint density at radius 1 is 1.56 bits per heavy atom. The number of hydrogen-bond donors (Lipinski definition) is 1. The predicted molar refractivity (Wildman–Crippen MR) is 73.4 cm³/mol. The summed E-state index contributed by atoms with van der Waals surface area (Å²) in [5, 5.41) is 7.20. The van der Waals surface area contributed by atoms with Crippen molar-refractivity contribution < 1.29 is 4.79 Å². The van der Waals surface area contributed by atoms with Crippen LogP contribution in [-0.4, -0.2) is 15.7 Å². The van der Waals surface area contributed by atoms with E-state index in [0.717, 1.165) is 9.99 Å². The molecular formula is C11H18IN3O. The van der Waals surface area contributed by atoms with Crippen LogP contribution in [0.15, 0.2) is 6.20 Å². The molecule has 90 valence electrons. The summed E-state index contributed by atoms with van der Waals surface area (Å²) in [6, 6.07) is 0.308. The van der Waals surface area contributed by atoms with Gasteiger partial charge >= 0.3 is 0 Å². The third-order valence-corrected chi connectivity index (χ3v) is 3.31. The average molecular weight is 335 g/mol. The average Bonchev–Trinajstić information content (AvgIpc) is 2.59. The van der Waals surface area contributed by atoms with Gasteiger partial charge in [-0.15, -0.1) is 0 Å². The Morgan fingerprint density at radius 3 is 2.62 bits per heavy atom. The second kappa shape index (κ2) is 5.65. The van der Waals surface area contributed by atoms with Gasteiger partial charge in [0, 0.05) is 18.2 Å². The number of carbonyl (C=O) groups excluding carboxylic acids is 1. The van der Waals surface area contributed by atoms with Crippen LogP contribution in [0.25, 0.3) is 0 Å². The maximum absolute atomic E-state index is 11.7. The van der Waals surface area contributed by atoms with Gasteiger partial charge in [0.1, 0.15) is 0 Å². The Bertz CT molecular complexity index is 373. The highest BCUT2D eigenvalue weighted by Gasteiger charge is 2.15. The van der Waals surface area contributed by atoms with Gasteiger partial charge in [0.25, 0.3) is 0 Å². The highest BCUT2D eigenvalue weighted by molar-refractivity contribution is 14.1. The summed E-state index contributed by atoms with van der Waals surface area (Å²) in [4.78, 5) is 11.7. The normalized spacial score (nSPS) is 12.9. The zero-order chi connectivity index (χ0) is 12.3. The van der Waals surface area contributed by atoms with Crippen molar-refractivity contribution >= 4 is 34.3 Å². The maximum Gasteiger partial charge on any atom is 0.228 e. The summed E-state index contributed by atoms with van der Waals surface area (Å²) in [5.74, 6) is 0.731. The van der Waals surface area contributed by atoms with E-state index in [1.54, 1.807) is 0 Å². The second-order valence-corrected chi connectivity index (χ2v) is 5.36. The van der Waals surface area contributed by atoms with Gasteiger partial charge in [0.2, 0.25) is 5.91 Å². The van der Waals surface area contributed by atoms with Crippen molar-refractivity contribution in [1.29, 1.82) is 0 Å².